The van der Waals surface area contributed by atoms with Crippen LogP contribution in [0.5, 0.6) is 5.88 Å². The van der Waals surface area contributed by atoms with Gasteiger partial charge in [-0.25, -0.2) is 0 Å². The lowest BCUT2D eigenvalue weighted by atomic mass is 10.3. The highest BCUT2D eigenvalue weighted by Crippen LogP contribution is 2.13. The minimum Gasteiger partial charge on any atom is -0.481 e. The number of methoxy groups -OCH3 is 1. The molecule has 0 aliphatic heterocycles. The molecule has 0 unspecified atom stereocenters. The van der Waals surface area contributed by atoms with Crippen LogP contribution >= 0.6 is 0 Å². The SMILES string of the molecule is C#CCCCNc1cc(OC)nc(N)n1. The number of nitrogens with one attached hydrogen (secondary N) is 1. The monoisotopic (exact) mass is 206 g/mol. The van der Waals surface area contributed by atoms with Crippen molar-refractivity contribution in [2.24, 2.45) is 0 Å². The third-order valence-electron chi connectivity index (χ3n) is 1.73. The molecule has 1 rings (SSSR count). The van der Waals surface area contributed by atoms with Gasteiger partial charge in [-0.2, -0.15) is 9.97 Å². The molecule has 0 aliphatic carbocycles. The fourth-order valence-electron chi connectivity index (χ4n) is 1.04. The van der Waals surface area contributed by atoms with E-state index in [1.807, 2.05) is 0 Å². The van der Waals surface area contributed by atoms with E-state index in [4.69, 9.17) is 16.9 Å². The molecule has 1 aromatic rings. The summed E-state index contributed by atoms with van der Waals surface area (Å²) in [6, 6.07) is 1.69. The Morgan fingerprint density at radius 3 is 3.07 bits per heavy atom. The molecule has 5 heteroatoms. The Morgan fingerprint density at radius 2 is 2.40 bits per heavy atom. The van der Waals surface area contributed by atoms with Crippen molar-refractivity contribution in [1.82, 2.24) is 9.97 Å². The molecule has 0 amide bonds. The zero-order valence-electron chi connectivity index (χ0n) is 8.66. The number of terminal acetylenes is 1. The molecule has 5 nitrogen and oxygen atoms in total. The van der Waals surface area contributed by atoms with Crippen molar-refractivity contribution in [3.05, 3.63) is 6.07 Å². The number of aromatic nitrogens is 2. The lowest BCUT2D eigenvalue weighted by Crippen LogP contribution is -2.06. The second-order valence-corrected chi connectivity index (χ2v) is 2.89. The number of hydrogen-bond acceptors (Lipinski definition) is 5. The van der Waals surface area contributed by atoms with Gasteiger partial charge in [0, 0.05) is 19.0 Å². The minimum absolute atomic E-state index is 0.189. The zero-order valence-corrected chi connectivity index (χ0v) is 8.66. The Bertz CT molecular complexity index is 359. The first-order chi connectivity index (χ1) is 7.26. The van der Waals surface area contributed by atoms with Crippen molar-refractivity contribution in [2.75, 3.05) is 24.7 Å². The molecule has 15 heavy (non-hydrogen) atoms. The molecule has 1 aromatic heterocycles. The van der Waals surface area contributed by atoms with E-state index >= 15 is 0 Å². The molecule has 1 heterocycles. The van der Waals surface area contributed by atoms with E-state index in [9.17, 15) is 0 Å². The van der Waals surface area contributed by atoms with Gasteiger partial charge in [-0.05, 0) is 6.42 Å². The molecule has 0 bridgehead atoms. The van der Waals surface area contributed by atoms with Crippen LogP contribution in [0.2, 0.25) is 0 Å². The first-order valence-corrected chi connectivity index (χ1v) is 4.62. The third-order valence-corrected chi connectivity index (χ3v) is 1.73. The molecule has 0 aliphatic rings. The zero-order chi connectivity index (χ0) is 11.1. The van der Waals surface area contributed by atoms with E-state index in [2.05, 4.69) is 21.2 Å². The largest absolute Gasteiger partial charge is 0.481 e. The summed E-state index contributed by atoms with van der Waals surface area (Å²) in [5, 5.41) is 3.09. The van der Waals surface area contributed by atoms with Crippen molar-refractivity contribution in [3.63, 3.8) is 0 Å². The summed E-state index contributed by atoms with van der Waals surface area (Å²) in [5.74, 6) is 3.85. The van der Waals surface area contributed by atoms with Crippen LogP contribution in [-0.4, -0.2) is 23.6 Å². The van der Waals surface area contributed by atoms with Crippen LogP contribution in [0.25, 0.3) is 0 Å². The molecule has 0 atom stereocenters. The van der Waals surface area contributed by atoms with Gasteiger partial charge in [0.25, 0.3) is 0 Å². The van der Waals surface area contributed by atoms with Crippen LogP contribution in [0, 0.1) is 12.3 Å². The van der Waals surface area contributed by atoms with Crippen LogP contribution in [0.1, 0.15) is 12.8 Å². The van der Waals surface area contributed by atoms with Gasteiger partial charge in [0.15, 0.2) is 0 Å². The Hall–Kier alpha value is -1.96. The highest BCUT2D eigenvalue weighted by molar-refractivity contribution is 5.42. The molecule has 3 N–H and O–H groups in total. The maximum atomic E-state index is 5.49. The van der Waals surface area contributed by atoms with E-state index in [0.717, 1.165) is 19.4 Å². The molecule has 0 saturated carbocycles. The Kier molecular flexibility index (Phi) is 4.23. The minimum atomic E-state index is 0.189. The van der Waals surface area contributed by atoms with Crippen LogP contribution in [0.15, 0.2) is 6.07 Å². The summed E-state index contributed by atoms with van der Waals surface area (Å²) in [6.07, 6.45) is 6.77. The highest BCUT2D eigenvalue weighted by atomic mass is 16.5. The van der Waals surface area contributed by atoms with Crippen LogP contribution in [-0.2, 0) is 0 Å². The van der Waals surface area contributed by atoms with Gasteiger partial charge in [0.1, 0.15) is 5.82 Å². The maximum Gasteiger partial charge on any atom is 0.225 e. The molecule has 80 valence electrons. The number of nitrogens with zero attached hydrogens (tertiary/aromatic N) is 2. The molecule has 0 aromatic carbocycles. The number of unbranched alkanes of at least 4 members (excludes halogenated alkanes) is 1. The van der Waals surface area contributed by atoms with E-state index < -0.39 is 0 Å². The number of hydrogen-bond donors (Lipinski definition) is 2. The maximum absolute atomic E-state index is 5.49. The van der Waals surface area contributed by atoms with Crippen molar-refractivity contribution in [2.45, 2.75) is 12.8 Å². The van der Waals surface area contributed by atoms with E-state index in [0.29, 0.717) is 11.7 Å². The van der Waals surface area contributed by atoms with Gasteiger partial charge >= 0.3 is 0 Å². The van der Waals surface area contributed by atoms with E-state index in [-0.39, 0.29) is 5.95 Å². The van der Waals surface area contributed by atoms with E-state index in [1.165, 1.54) is 7.11 Å². The molecule has 0 saturated heterocycles. The van der Waals surface area contributed by atoms with Gasteiger partial charge in [0.05, 0.1) is 7.11 Å². The summed E-state index contributed by atoms with van der Waals surface area (Å²) >= 11 is 0. The second kappa shape index (κ2) is 5.70. The average molecular weight is 206 g/mol. The highest BCUT2D eigenvalue weighted by Gasteiger charge is 2.00. The lowest BCUT2D eigenvalue weighted by Gasteiger charge is -2.06. The fourth-order valence-corrected chi connectivity index (χ4v) is 1.04. The standard InChI is InChI=1S/C10H14N4O/c1-3-4-5-6-12-8-7-9(15-2)14-10(11)13-8/h1,7H,4-6H2,2H3,(H3,11,12,13,14). The molecule has 0 radical (unpaired) electrons. The number of nitrogens with two attached hydrogens (primary N) is 1. The number of rotatable bonds is 5. The lowest BCUT2D eigenvalue weighted by molar-refractivity contribution is 0.398. The van der Waals surface area contributed by atoms with Crippen molar-refractivity contribution in [3.8, 4) is 18.2 Å². The molecule has 0 fully saturated rings. The van der Waals surface area contributed by atoms with Gasteiger partial charge in [-0.3, -0.25) is 0 Å². The second-order valence-electron chi connectivity index (χ2n) is 2.89. The normalized spacial score (nSPS) is 9.33. The summed E-state index contributed by atoms with van der Waals surface area (Å²) in [7, 11) is 1.53. The van der Waals surface area contributed by atoms with E-state index in [1.54, 1.807) is 6.07 Å². The topological polar surface area (TPSA) is 73.1 Å². The van der Waals surface area contributed by atoms with Crippen molar-refractivity contribution >= 4 is 11.8 Å². The predicted octanol–water partition coefficient (Wildman–Crippen LogP) is 0.893. The van der Waals surface area contributed by atoms with Crippen molar-refractivity contribution < 1.29 is 4.74 Å². The summed E-state index contributed by atoms with van der Waals surface area (Å²) in [5.41, 5.74) is 5.49. The van der Waals surface area contributed by atoms with Crippen LogP contribution in [0.4, 0.5) is 11.8 Å². The number of ether oxygens (including phenoxy) is 1. The van der Waals surface area contributed by atoms with Gasteiger partial charge in [-0.1, -0.05) is 0 Å². The van der Waals surface area contributed by atoms with Gasteiger partial charge in [-0.15, -0.1) is 12.3 Å². The Balaban J connectivity index is 2.53. The van der Waals surface area contributed by atoms with Crippen LogP contribution in [0.3, 0.4) is 0 Å². The quantitative estimate of drug-likeness (QED) is 0.553. The summed E-state index contributed by atoms with van der Waals surface area (Å²) in [4.78, 5) is 7.87. The predicted molar refractivity (Wildman–Crippen MR) is 59.6 cm³/mol. The molecular weight excluding hydrogens is 192 g/mol. The first-order valence-electron chi connectivity index (χ1n) is 4.62. The van der Waals surface area contributed by atoms with Gasteiger partial charge in [0.2, 0.25) is 11.8 Å². The first kappa shape index (κ1) is 11.1. The molecular formula is C10H14N4O. The Morgan fingerprint density at radius 1 is 1.60 bits per heavy atom. The third kappa shape index (κ3) is 3.73. The number of anilines is 2. The molecule has 0 spiro atoms. The fraction of sp³-hybridized carbons (Fsp3) is 0.400. The Labute approximate surface area is 89.1 Å². The average Bonchev–Trinajstić information content (AvgIpc) is 2.23. The summed E-state index contributed by atoms with van der Waals surface area (Å²) < 4.78 is 4.96. The van der Waals surface area contributed by atoms with Crippen molar-refractivity contribution in [1.29, 1.82) is 0 Å². The summed E-state index contributed by atoms with van der Waals surface area (Å²) in [6.45, 7) is 0.754. The van der Waals surface area contributed by atoms with Gasteiger partial charge < -0.3 is 15.8 Å². The van der Waals surface area contributed by atoms with Crippen LogP contribution < -0.4 is 15.8 Å². The smallest absolute Gasteiger partial charge is 0.225 e. The number of nitrogen functional groups attached to an aromatic ring is 1.